The van der Waals surface area contributed by atoms with Crippen LogP contribution in [0.5, 0.6) is 0 Å². The molecule has 114 valence electrons. The number of thioether (sulfide) groups is 1. The van der Waals surface area contributed by atoms with E-state index in [4.69, 9.17) is 16.0 Å². The molecule has 0 amide bonds. The average Bonchev–Trinajstić information content (AvgIpc) is 3.15. The lowest BCUT2D eigenvalue weighted by molar-refractivity contribution is 0.529. The van der Waals surface area contributed by atoms with Crippen molar-refractivity contribution in [3.05, 3.63) is 53.2 Å². The highest BCUT2D eigenvalue weighted by atomic mass is 35.5. The number of hydrogen-bond donors (Lipinski definition) is 0. The number of aromatic nitrogens is 3. The van der Waals surface area contributed by atoms with Crippen LogP contribution in [-0.4, -0.2) is 14.8 Å². The second-order valence-corrected chi connectivity index (χ2v) is 6.48. The fourth-order valence-electron chi connectivity index (χ4n) is 2.17. The zero-order chi connectivity index (χ0) is 15.5. The Kier molecular flexibility index (Phi) is 4.55. The molecule has 3 aromatic rings. The first kappa shape index (κ1) is 15.2. The van der Waals surface area contributed by atoms with Crippen LogP contribution in [0.15, 0.2) is 52.2 Å². The average molecular weight is 334 g/mol. The van der Waals surface area contributed by atoms with Crippen molar-refractivity contribution in [1.29, 1.82) is 0 Å². The fraction of sp³-hybridized carbons (Fsp3) is 0.250. The van der Waals surface area contributed by atoms with Gasteiger partial charge >= 0.3 is 0 Å². The van der Waals surface area contributed by atoms with E-state index in [0.717, 1.165) is 33.1 Å². The van der Waals surface area contributed by atoms with Gasteiger partial charge in [-0.25, -0.2) is 0 Å². The molecule has 1 aromatic carbocycles. The summed E-state index contributed by atoms with van der Waals surface area (Å²) in [5.74, 6) is 2.23. The Labute approximate surface area is 138 Å². The van der Waals surface area contributed by atoms with E-state index >= 15 is 0 Å². The first-order chi connectivity index (χ1) is 10.7. The normalized spacial score (nSPS) is 11.3. The minimum Gasteiger partial charge on any atom is -0.461 e. The zero-order valence-electron chi connectivity index (χ0n) is 12.4. The molecule has 0 fully saturated rings. The van der Waals surface area contributed by atoms with Gasteiger partial charge in [-0.05, 0) is 37.6 Å². The lowest BCUT2D eigenvalue weighted by atomic mass is 10.2. The minimum atomic E-state index is 0.240. The first-order valence-corrected chi connectivity index (χ1v) is 8.38. The zero-order valence-corrected chi connectivity index (χ0v) is 13.9. The van der Waals surface area contributed by atoms with Crippen LogP contribution in [0.3, 0.4) is 0 Å². The number of nitrogens with zero attached hydrogens (tertiary/aromatic N) is 3. The molecule has 0 bridgehead atoms. The molecule has 3 rings (SSSR count). The van der Waals surface area contributed by atoms with Gasteiger partial charge in [0.1, 0.15) is 0 Å². The molecule has 0 aliphatic heterocycles. The Balaban J connectivity index is 1.87. The van der Waals surface area contributed by atoms with Crippen molar-refractivity contribution < 1.29 is 4.42 Å². The summed E-state index contributed by atoms with van der Waals surface area (Å²) in [6.07, 6.45) is 1.64. The van der Waals surface area contributed by atoms with Gasteiger partial charge in [0.2, 0.25) is 5.82 Å². The third-order valence-electron chi connectivity index (χ3n) is 3.24. The molecule has 4 nitrogen and oxygen atoms in total. The van der Waals surface area contributed by atoms with Crippen molar-refractivity contribution in [2.75, 3.05) is 0 Å². The van der Waals surface area contributed by atoms with E-state index in [2.05, 4.69) is 28.6 Å². The van der Waals surface area contributed by atoms with Crippen molar-refractivity contribution in [2.45, 2.75) is 30.8 Å². The number of halogens is 1. The summed E-state index contributed by atoms with van der Waals surface area (Å²) in [5, 5.41) is 10.2. The highest BCUT2D eigenvalue weighted by Gasteiger charge is 2.18. The van der Waals surface area contributed by atoms with Crippen LogP contribution in [0.4, 0.5) is 0 Å². The van der Waals surface area contributed by atoms with Crippen molar-refractivity contribution >= 4 is 23.4 Å². The van der Waals surface area contributed by atoms with Crippen molar-refractivity contribution in [3.63, 3.8) is 0 Å². The van der Waals surface area contributed by atoms with Gasteiger partial charge in [0.15, 0.2) is 10.9 Å². The van der Waals surface area contributed by atoms with Gasteiger partial charge in [-0.2, -0.15) is 0 Å². The van der Waals surface area contributed by atoms with Crippen molar-refractivity contribution in [3.8, 4) is 11.6 Å². The first-order valence-electron chi connectivity index (χ1n) is 7.02. The van der Waals surface area contributed by atoms with Gasteiger partial charge < -0.3 is 4.42 Å². The predicted molar refractivity (Wildman–Crippen MR) is 89.1 cm³/mol. The molecule has 0 N–H and O–H groups in total. The maximum Gasteiger partial charge on any atom is 0.200 e. The molecule has 22 heavy (non-hydrogen) atoms. The van der Waals surface area contributed by atoms with E-state index < -0.39 is 0 Å². The molecule has 0 spiro atoms. The van der Waals surface area contributed by atoms with E-state index in [9.17, 15) is 0 Å². The molecule has 0 unspecified atom stereocenters. The van der Waals surface area contributed by atoms with Gasteiger partial charge in [-0.1, -0.05) is 41.6 Å². The van der Waals surface area contributed by atoms with Gasteiger partial charge in [0, 0.05) is 16.8 Å². The highest BCUT2D eigenvalue weighted by molar-refractivity contribution is 7.98. The van der Waals surface area contributed by atoms with Gasteiger partial charge in [-0.3, -0.25) is 4.57 Å². The number of hydrogen-bond acceptors (Lipinski definition) is 4. The summed E-state index contributed by atoms with van der Waals surface area (Å²) in [7, 11) is 0. The van der Waals surface area contributed by atoms with Crippen LogP contribution in [0.1, 0.15) is 25.5 Å². The lowest BCUT2D eigenvalue weighted by Gasteiger charge is -2.12. The molecule has 6 heteroatoms. The van der Waals surface area contributed by atoms with E-state index in [1.807, 2.05) is 36.4 Å². The van der Waals surface area contributed by atoms with Crippen LogP contribution in [0.2, 0.25) is 5.02 Å². The van der Waals surface area contributed by atoms with Crippen LogP contribution in [-0.2, 0) is 5.75 Å². The largest absolute Gasteiger partial charge is 0.461 e. The van der Waals surface area contributed by atoms with Crippen LogP contribution in [0, 0.1) is 0 Å². The molecular weight excluding hydrogens is 318 g/mol. The summed E-state index contributed by atoms with van der Waals surface area (Å²) in [5.41, 5.74) is 1.09. The van der Waals surface area contributed by atoms with Gasteiger partial charge in [-0.15, -0.1) is 10.2 Å². The van der Waals surface area contributed by atoms with Crippen molar-refractivity contribution in [1.82, 2.24) is 14.8 Å². The Morgan fingerprint density at radius 3 is 2.68 bits per heavy atom. The second kappa shape index (κ2) is 6.58. The third kappa shape index (κ3) is 3.05. The quantitative estimate of drug-likeness (QED) is 0.612. The Bertz CT molecular complexity index is 753. The molecule has 0 aliphatic rings. The van der Waals surface area contributed by atoms with Gasteiger partial charge in [0.05, 0.1) is 6.26 Å². The summed E-state index contributed by atoms with van der Waals surface area (Å²) in [6, 6.07) is 11.8. The molecule has 0 saturated carbocycles. The molecular formula is C16H16ClN3OS. The molecule has 2 aromatic heterocycles. The molecule has 0 saturated heterocycles. The molecule has 0 atom stereocenters. The third-order valence-corrected chi connectivity index (χ3v) is 4.60. The van der Waals surface area contributed by atoms with E-state index in [1.165, 1.54) is 0 Å². The van der Waals surface area contributed by atoms with Crippen LogP contribution in [0.25, 0.3) is 11.6 Å². The fourth-order valence-corrected chi connectivity index (χ4v) is 3.53. The Morgan fingerprint density at radius 2 is 2.00 bits per heavy atom. The lowest BCUT2D eigenvalue weighted by Crippen LogP contribution is -2.04. The number of benzene rings is 1. The van der Waals surface area contributed by atoms with Gasteiger partial charge in [0.25, 0.3) is 0 Å². The summed E-state index contributed by atoms with van der Waals surface area (Å²) in [4.78, 5) is 0. The maximum absolute atomic E-state index is 6.21. The molecule has 0 radical (unpaired) electrons. The second-order valence-electron chi connectivity index (χ2n) is 5.13. The monoisotopic (exact) mass is 333 g/mol. The van der Waals surface area contributed by atoms with E-state index in [-0.39, 0.29) is 6.04 Å². The Morgan fingerprint density at radius 1 is 1.18 bits per heavy atom. The maximum atomic E-state index is 6.21. The summed E-state index contributed by atoms with van der Waals surface area (Å²) < 4.78 is 7.54. The molecule has 0 aliphatic carbocycles. The van der Waals surface area contributed by atoms with Crippen LogP contribution >= 0.6 is 23.4 Å². The highest BCUT2D eigenvalue weighted by Crippen LogP contribution is 2.31. The summed E-state index contributed by atoms with van der Waals surface area (Å²) in [6.45, 7) is 4.21. The smallest absolute Gasteiger partial charge is 0.200 e. The topological polar surface area (TPSA) is 43.9 Å². The minimum absolute atomic E-state index is 0.240. The van der Waals surface area contributed by atoms with E-state index in [1.54, 1.807) is 18.0 Å². The Hall–Kier alpha value is -1.72. The predicted octanol–water partition coefficient (Wildman–Crippen LogP) is 5.06. The number of furan rings is 1. The number of rotatable bonds is 5. The SMILES string of the molecule is CC(C)n1c(SCc2ccccc2Cl)nnc1-c1ccco1. The van der Waals surface area contributed by atoms with E-state index in [0.29, 0.717) is 0 Å². The molecule has 2 heterocycles. The van der Waals surface area contributed by atoms with Crippen molar-refractivity contribution in [2.24, 2.45) is 0 Å². The van der Waals surface area contributed by atoms with Crippen LogP contribution < -0.4 is 0 Å². The standard InChI is InChI=1S/C16H16ClN3OS/c1-11(2)20-15(14-8-5-9-21-14)18-19-16(20)22-10-12-6-3-4-7-13(12)17/h3-9,11H,10H2,1-2H3. The summed E-state index contributed by atoms with van der Waals surface area (Å²) >= 11 is 7.83.